The zero-order valence-corrected chi connectivity index (χ0v) is 14.4. The standard InChI is InChI=1S/C19H15F4N3O2/c20-13-2-4-16-11(7-13)5-6-26(16)10-17(27)18(28)25-14-3-1-12(9-24)15(8-14)19(21,22)23/h1-4,7-8,17,27H,5-6,10H2,(H,25,28). The number of nitrogens with zero attached hydrogens (tertiary/aromatic N) is 2. The molecule has 2 N–H and O–H groups in total. The van der Waals surface area contributed by atoms with Gasteiger partial charge in [0.15, 0.2) is 6.10 Å². The fourth-order valence-corrected chi connectivity index (χ4v) is 3.10. The van der Waals surface area contributed by atoms with Crippen LogP contribution in [-0.4, -0.2) is 30.2 Å². The van der Waals surface area contributed by atoms with E-state index in [1.165, 1.54) is 18.2 Å². The van der Waals surface area contributed by atoms with Crippen LogP contribution in [0.15, 0.2) is 36.4 Å². The molecule has 9 heteroatoms. The number of aliphatic hydroxyl groups is 1. The second-order valence-corrected chi connectivity index (χ2v) is 6.34. The Labute approximate surface area is 157 Å². The van der Waals surface area contributed by atoms with E-state index < -0.39 is 29.3 Å². The highest BCUT2D eigenvalue weighted by Gasteiger charge is 2.34. The average Bonchev–Trinajstić information content (AvgIpc) is 3.02. The van der Waals surface area contributed by atoms with Gasteiger partial charge in [-0.05, 0) is 48.4 Å². The zero-order valence-electron chi connectivity index (χ0n) is 14.4. The van der Waals surface area contributed by atoms with Gasteiger partial charge in [-0.2, -0.15) is 18.4 Å². The van der Waals surface area contributed by atoms with Crippen molar-refractivity contribution in [2.75, 3.05) is 23.3 Å². The number of halogens is 4. The molecule has 0 aliphatic carbocycles. The van der Waals surface area contributed by atoms with Gasteiger partial charge in [-0.25, -0.2) is 4.39 Å². The molecule has 1 amide bonds. The van der Waals surface area contributed by atoms with E-state index in [0.29, 0.717) is 24.7 Å². The Bertz CT molecular complexity index is 953. The SMILES string of the molecule is N#Cc1ccc(NC(=O)C(O)CN2CCc3cc(F)ccc32)cc1C(F)(F)F. The molecule has 2 aromatic rings. The van der Waals surface area contributed by atoms with Gasteiger partial charge >= 0.3 is 6.18 Å². The zero-order chi connectivity index (χ0) is 20.5. The number of rotatable bonds is 4. The molecule has 3 rings (SSSR count). The van der Waals surface area contributed by atoms with Crippen molar-refractivity contribution in [2.24, 2.45) is 0 Å². The normalized spacial score (nSPS) is 14.4. The van der Waals surface area contributed by atoms with Crippen molar-refractivity contribution in [3.63, 3.8) is 0 Å². The number of β-amino-alcohol motifs (C(OH)–C–C–N with tert-alkyl or cyclic N) is 1. The molecule has 0 saturated heterocycles. The van der Waals surface area contributed by atoms with Crippen molar-refractivity contribution < 1.29 is 27.5 Å². The minimum atomic E-state index is -4.75. The summed E-state index contributed by atoms with van der Waals surface area (Å²) in [5.41, 5.74) is -0.454. The third-order valence-electron chi connectivity index (χ3n) is 4.44. The molecule has 0 bridgehead atoms. The summed E-state index contributed by atoms with van der Waals surface area (Å²) >= 11 is 0. The van der Waals surface area contributed by atoms with Crippen LogP contribution in [0, 0.1) is 17.1 Å². The molecule has 1 aliphatic heterocycles. The Morgan fingerprint density at radius 1 is 1.29 bits per heavy atom. The molecule has 0 radical (unpaired) electrons. The molecular formula is C19H15F4N3O2. The molecule has 0 saturated carbocycles. The van der Waals surface area contributed by atoms with Crippen LogP contribution in [0.3, 0.4) is 0 Å². The van der Waals surface area contributed by atoms with Gasteiger partial charge in [-0.3, -0.25) is 4.79 Å². The smallest absolute Gasteiger partial charge is 0.381 e. The number of amides is 1. The van der Waals surface area contributed by atoms with Gasteiger partial charge in [0, 0.05) is 17.9 Å². The van der Waals surface area contributed by atoms with E-state index in [1.807, 2.05) is 0 Å². The maximum absolute atomic E-state index is 13.3. The van der Waals surface area contributed by atoms with Crippen LogP contribution >= 0.6 is 0 Å². The van der Waals surface area contributed by atoms with E-state index in [2.05, 4.69) is 5.32 Å². The number of anilines is 2. The van der Waals surface area contributed by atoms with E-state index in [0.717, 1.165) is 17.7 Å². The van der Waals surface area contributed by atoms with Crippen LogP contribution in [0.1, 0.15) is 16.7 Å². The first kappa shape index (κ1) is 19.6. The second-order valence-electron chi connectivity index (χ2n) is 6.34. The van der Waals surface area contributed by atoms with Gasteiger partial charge < -0.3 is 15.3 Å². The average molecular weight is 393 g/mol. The van der Waals surface area contributed by atoms with Gasteiger partial charge in [0.05, 0.1) is 23.7 Å². The first-order chi connectivity index (χ1) is 13.2. The first-order valence-electron chi connectivity index (χ1n) is 8.32. The number of alkyl halides is 3. The molecular weight excluding hydrogens is 378 g/mol. The molecule has 0 fully saturated rings. The molecule has 2 aromatic carbocycles. The predicted molar refractivity (Wildman–Crippen MR) is 93.1 cm³/mol. The summed E-state index contributed by atoms with van der Waals surface area (Å²) < 4.78 is 52.3. The highest BCUT2D eigenvalue weighted by atomic mass is 19.4. The van der Waals surface area contributed by atoms with Gasteiger partial charge in [0.2, 0.25) is 0 Å². The van der Waals surface area contributed by atoms with Gasteiger partial charge in [0.1, 0.15) is 5.82 Å². The first-order valence-corrected chi connectivity index (χ1v) is 8.32. The van der Waals surface area contributed by atoms with Crippen molar-refractivity contribution in [1.29, 1.82) is 5.26 Å². The number of nitrogens with one attached hydrogen (secondary N) is 1. The number of hydrogen-bond acceptors (Lipinski definition) is 4. The number of carbonyl (C=O) groups excluding carboxylic acids is 1. The topological polar surface area (TPSA) is 76.4 Å². The summed E-state index contributed by atoms with van der Waals surface area (Å²) in [6, 6.07) is 8.43. The van der Waals surface area contributed by atoms with Crippen molar-refractivity contribution in [3.05, 3.63) is 58.9 Å². The molecule has 1 unspecified atom stereocenters. The fraction of sp³-hybridized carbons (Fsp3) is 0.263. The van der Waals surface area contributed by atoms with E-state index in [9.17, 15) is 27.5 Å². The lowest BCUT2D eigenvalue weighted by Gasteiger charge is -2.22. The largest absolute Gasteiger partial charge is 0.417 e. The highest BCUT2D eigenvalue weighted by molar-refractivity contribution is 5.94. The van der Waals surface area contributed by atoms with Crippen LogP contribution in [0.4, 0.5) is 28.9 Å². The van der Waals surface area contributed by atoms with Crippen molar-refractivity contribution >= 4 is 17.3 Å². The number of benzene rings is 2. The van der Waals surface area contributed by atoms with Crippen molar-refractivity contribution in [3.8, 4) is 6.07 Å². The molecule has 28 heavy (non-hydrogen) atoms. The molecule has 0 aromatic heterocycles. The third kappa shape index (κ3) is 4.07. The van der Waals surface area contributed by atoms with Crippen LogP contribution in [0.2, 0.25) is 0 Å². The van der Waals surface area contributed by atoms with Crippen LogP contribution in [0.25, 0.3) is 0 Å². The molecule has 146 valence electrons. The summed E-state index contributed by atoms with van der Waals surface area (Å²) in [6.07, 6.45) is -5.70. The summed E-state index contributed by atoms with van der Waals surface area (Å²) in [4.78, 5) is 13.9. The van der Waals surface area contributed by atoms with Gasteiger partial charge in [-0.1, -0.05) is 0 Å². The minimum absolute atomic E-state index is 0.0904. The summed E-state index contributed by atoms with van der Waals surface area (Å²) in [5, 5.41) is 21.2. The summed E-state index contributed by atoms with van der Waals surface area (Å²) in [6.45, 7) is 0.394. The number of aliphatic hydroxyl groups excluding tert-OH is 1. The van der Waals surface area contributed by atoms with E-state index in [-0.39, 0.29) is 18.0 Å². The number of nitriles is 1. The number of hydrogen-bond donors (Lipinski definition) is 2. The Morgan fingerprint density at radius 3 is 2.71 bits per heavy atom. The lowest BCUT2D eigenvalue weighted by molar-refractivity contribution is -0.137. The van der Waals surface area contributed by atoms with Gasteiger partial charge in [-0.15, -0.1) is 0 Å². The molecule has 0 spiro atoms. The van der Waals surface area contributed by atoms with E-state index in [1.54, 1.807) is 11.0 Å². The summed E-state index contributed by atoms with van der Waals surface area (Å²) in [7, 11) is 0. The van der Waals surface area contributed by atoms with Gasteiger partial charge in [0.25, 0.3) is 5.91 Å². The quantitative estimate of drug-likeness (QED) is 0.783. The Hall–Kier alpha value is -3.12. The number of fused-ring (bicyclic) bond motifs is 1. The molecule has 1 aliphatic rings. The molecule has 1 heterocycles. The monoisotopic (exact) mass is 393 g/mol. The minimum Gasteiger partial charge on any atom is -0.381 e. The number of carbonyl (C=O) groups is 1. The highest BCUT2D eigenvalue weighted by Crippen LogP contribution is 2.33. The Kier molecular flexibility index (Phi) is 5.25. The Morgan fingerprint density at radius 2 is 2.04 bits per heavy atom. The maximum Gasteiger partial charge on any atom is 0.417 e. The van der Waals surface area contributed by atoms with Crippen molar-refractivity contribution in [1.82, 2.24) is 0 Å². The third-order valence-corrected chi connectivity index (χ3v) is 4.44. The van der Waals surface area contributed by atoms with Crippen molar-refractivity contribution in [2.45, 2.75) is 18.7 Å². The van der Waals surface area contributed by atoms with Crippen LogP contribution in [-0.2, 0) is 17.4 Å². The Balaban J connectivity index is 1.70. The summed E-state index contributed by atoms with van der Waals surface area (Å²) in [5.74, 6) is -1.26. The second kappa shape index (κ2) is 7.48. The lowest BCUT2D eigenvalue weighted by atomic mass is 10.1. The molecule has 1 atom stereocenters. The van der Waals surface area contributed by atoms with Crippen LogP contribution in [0.5, 0.6) is 0 Å². The fourth-order valence-electron chi connectivity index (χ4n) is 3.10. The predicted octanol–water partition coefficient (Wildman–Crippen LogP) is 3.08. The lowest BCUT2D eigenvalue weighted by Crippen LogP contribution is -2.39. The van der Waals surface area contributed by atoms with E-state index >= 15 is 0 Å². The maximum atomic E-state index is 13.3. The van der Waals surface area contributed by atoms with E-state index in [4.69, 9.17) is 5.26 Å². The van der Waals surface area contributed by atoms with Crippen LogP contribution < -0.4 is 10.2 Å². The molecule has 5 nitrogen and oxygen atoms in total.